The Morgan fingerprint density at radius 1 is 1.14 bits per heavy atom. The van der Waals surface area contributed by atoms with Crippen molar-refractivity contribution >= 4 is 11.6 Å². The van der Waals surface area contributed by atoms with Crippen LogP contribution in [0.1, 0.15) is 22.3 Å². The number of nitrogens with one attached hydrogen (secondary N) is 1. The maximum atomic E-state index is 13.0. The van der Waals surface area contributed by atoms with Crippen LogP contribution in [0, 0.1) is 5.95 Å². The zero-order valence-electron chi connectivity index (χ0n) is 11.1. The summed E-state index contributed by atoms with van der Waals surface area (Å²) >= 11 is 0. The summed E-state index contributed by atoms with van der Waals surface area (Å²) in [5, 5.41) is 2.65. The van der Waals surface area contributed by atoms with Crippen molar-refractivity contribution in [3.8, 4) is 0 Å². The van der Waals surface area contributed by atoms with E-state index in [0.717, 1.165) is 5.56 Å². The summed E-state index contributed by atoms with van der Waals surface area (Å²) in [4.78, 5) is 15.4. The van der Waals surface area contributed by atoms with E-state index in [1.165, 1.54) is 18.2 Å². The highest BCUT2D eigenvalue weighted by molar-refractivity contribution is 6.02. The number of amides is 1. The summed E-state index contributed by atoms with van der Waals surface area (Å²) in [6.07, 6.45) is -0.348. The molecule has 0 spiro atoms. The SMILES string of the molecule is O=C(Nc1ccc(C2OCCO2)cc1)c1cccc(F)n1. The molecule has 1 aromatic heterocycles. The molecule has 1 aromatic carbocycles. The molecule has 2 aromatic rings. The zero-order valence-corrected chi connectivity index (χ0v) is 11.1. The molecule has 1 fully saturated rings. The number of carbonyl (C=O) groups excluding carboxylic acids is 1. The van der Waals surface area contributed by atoms with Gasteiger partial charge in [0, 0.05) is 11.3 Å². The fraction of sp³-hybridized carbons (Fsp3) is 0.200. The lowest BCUT2D eigenvalue weighted by Gasteiger charge is -2.10. The third-order valence-corrected chi connectivity index (χ3v) is 3.01. The summed E-state index contributed by atoms with van der Waals surface area (Å²) in [7, 11) is 0. The van der Waals surface area contributed by atoms with E-state index in [9.17, 15) is 9.18 Å². The average Bonchev–Trinajstić information content (AvgIpc) is 3.02. The Hall–Kier alpha value is -2.31. The zero-order chi connectivity index (χ0) is 14.7. The van der Waals surface area contributed by atoms with Gasteiger partial charge in [-0.3, -0.25) is 4.79 Å². The van der Waals surface area contributed by atoms with Gasteiger partial charge in [0.25, 0.3) is 5.91 Å². The molecule has 1 amide bonds. The summed E-state index contributed by atoms with van der Waals surface area (Å²) in [6, 6.07) is 11.2. The number of hydrogen-bond acceptors (Lipinski definition) is 4. The number of nitrogens with zero attached hydrogens (tertiary/aromatic N) is 1. The van der Waals surface area contributed by atoms with Crippen LogP contribution in [0.4, 0.5) is 10.1 Å². The molecule has 0 aliphatic carbocycles. The number of halogens is 1. The van der Waals surface area contributed by atoms with Gasteiger partial charge in [0.05, 0.1) is 13.2 Å². The Kier molecular flexibility index (Phi) is 3.89. The monoisotopic (exact) mass is 288 g/mol. The predicted octanol–water partition coefficient (Wildman–Crippen LogP) is 2.52. The molecule has 108 valence electrons. The molecule has 1 N–H and O–H groups in total. The minimum atomic E-state index is -0.687. The molecular formula is C15H13FN2O3. The number of hydrogen-bond donors (Lipinski definition) is 1. The van der Waals surface area contributed by atoms with Crippen molar-refractivity contribution in [3.63, 3.8) is 0 Å². The van der Waals surface area contributed by atoms with Crippen LogP contribution in [0.5, 0.6) is 0 Å². The fourth-order valence-electron chi connectivity index (χ4n) is 2.00. The smallest absolute Gasteiger partial charge is 0.274 e. The van der Waals surface area contributed by atoms with Gasteiger partial charge in [-0.2, -0.15) is 4.39 Å². The highest BCUT2D eigenvalue weighted by atomic mass is 19.1. The quantitative estimate of drug-likeness (QED) is 0.882. The van der Waals surface area contributed by atoms with E-state index < -0.39 is 11.9 Å². The van der Waals surface area contributed by atoms with E-state index in [-0.39, 0.29) is 12.0 Å². The molecule has 0 saturated carbocycles. The number of carbonyl (C=O) groups is 1. The van der Waals surface area contributed by atoms with Gasteiger partial charge in [-0.15, -0.1) is 0 Å². The van der Waals surface area contributed by atoms with Crippen LogP contribution < -0.4 is 5.32 Å². The average molecular weight is 288 g/mol. The Labute approximate surface area is 120 Å². The number of aromatic nitrogens is 1. The molecule has 6 heteroatoms. The normalized spacial score (nSPS) is 15.1. The lowest BCUT2D eigenvalue weighted by atomic mass is 10.2. The maximum Gasteiger partial charge on any atom is 0.274 e. The standard InChI is InChI=1S/C15H13FN2O3/c16-13-3-1-2-12(18-13)14(19)17-11-6-4-10(5-7-11)15-20-8-9-21-15/h1-7,15H,8-9H2,(H,17,19). The third-order valence-electron chi connectivity index (χ3n) is 3.01. The molecule has 0 unspecified atom stereocenters. The summed E-state index contributed by atoms with van der Waals surface area (Å²) in [5.74, 6) is -1.15. The Morgan fingerprint density at radius 2 is 1.86 bits per heavy atom. The number of ether oxygens (including phenoxy) is 2. The number of rotatable bonds is 3. The molecule has 3 rings (SSSR count). The van der Waals surface area contributed by atoms with E-state index in [1.54, 1.807) is 12.1 Å². The topological polar surface area (TPSA) is 60.5 Å². The first kappa shape index (κ1) is 13.7. The fourth-order valence-corrected chi connectivity index (χ4v) is 2.00. The molecule has 0 atom stereocenters. The molecular weight excluding hydrogens is 275 g/mol. The van der Waals surface area contributed by atoms with Crippen LogP contribution in [-0.2, 0) is 9.47 Å². The second-order valence-corrected chi connectivity index (χ2v) is 4.50. The number of anilines is 1. The van der Waals surface area contributed by atoms with Crippen molar-refractivity contribution < 1.29 is 18.7 Å². The number of benzene rings is 1. The Bertz CT molecular complexity index is 640. The predicted molar refractivity (Wildman–Crippen MR) is 73.2 cm³/mol. The highest BCUT2D eigenvalue weighted by Crippen LogP contribution is 2.24. The molecule has 1 aliphatic heterocycles. The second-order valence-electron chi connectivity index (χ2n) is 4.50. The molecule has 2 heterocycles. The minimum Gasteiger partial charge on any atom is -0.346 e. The van der Waals surface area contributed by atoms with Gasteiger partial charge in [0.1, 0.15) is 5.69 Å². The van der Waals surface area contributed by atoms with Gasteiger partial charge in [-0.25, -0.2) is 4.98 Å². The van der Waals surface area contributed by atoms with Crippen molar-refractivity contribution in [2.24, 2.45) is 0 Å². The van der Waals surface area contributed by atoms with Crippen molar-refractivity contribution in [2.45, 2.75) is 6.29 Å². The van der Waals surface area contributed by atoms with Gasteiger partial charge in [0.2, 0.25) is 5.95 Å². The molecule has 1 saturated heterocycles. The van der Waals surface area contributed by atoms with Gasteiger partial charge in [0.15, 0.2) is 6.29 Å². The van der Waals surface area contributed by atoms with Gasteiger partial charge in [-0.05, 0) is 24.3 Å². The minimum absolute atomic E-state index is 0.0292. The van der Waals surface area contributed by atoms with Crippen molar-refractivity contribution in [1.82, 2.24) is 4.98 Å². The Morgan fingerprint density at radius 3 is 2.52 bits per heavy atom. The summed E-state index contributed by atoms with van der Waals surface area (Å²) in [6.45, 7) is 1.16. The van der Waals surface area contributed by atoms with E-state index in [4.69, 9.17) is 9.47 Å². The first-order valence-corrected chi connectivity index (χ1v) is 6.49. The highest BCUT2D eigenvalue weighted by Gasteiger charge is 2.18. The van der Waals surface area contributed by atoms with Crippen molar-refractivity contribution in [2.75, 3.05) is 18.5 Å². The lowest BCUT2D eigenvalue weighted by Crippen LogP contribution is -2.14. The Balaban J connectivity index is 1.68. The van der Waals surface area contributed by atoms with E-state index >= 15 is 0 Å². The van der Waals surface area contributed by atoms with Crippen LogP contribution in [0.3, 0.4) is 0 Å². The van der Waals surface area contributed by atoms with Gasteiger partial charge >= 0.3 is 0 Å². The molecule has 0 bridgehead atoms. The molecule has 21 heavy (non-hydrogen) atoms. The van der Waals surface area contributed by atoms with Crippen LogP contribution in [-0.4, -0.2) is 24.1 Å². The summed E-state index contributed by atoms with van der Waals surface area (Å²) in [5.41, 5.74) is 1.50. The van der Waals surface area contributed by atoms with Crippen LogP contribution in [0.15, 0.2) is 42.5 Å². The van der Waals surface area contributed by atoms with Gasteiger partial charge < -0.3 is 14.8 Å². The van der Waals surface area contributed by atoms with E-state index in [2.05, 4.69) is 10.3 Å². The molecule has 1 aliphatic rings. The second kappa shape index (κ2) is 5.99. The van der Waals surface area contributed by atoms with Crippen molar-refractivity contribution in [1.29, 1.82) is 0 Å². The van der Waals surface area contributed by atoms with Crippen LogP contribution in [0.25, 0.3) is 0 Å². The van der Waals surface area contributed by atoms with Crippen molar-refractivity contribution in [3.05, 3.63) is 59.7 Å². The van der Waals surface area contributed by atoms with Gasteiger partial charge in [-0.1, -0.05) is 18.2 Å². The number of pyridine rings is 1. The largest absolute Gasteiger partial charge is 0.346 e. The first-order valence-electron chi connectivity index (χ1n) is 6.49. The first-order chi connectivity index (χ1) is 10.2. The van der Waals surface area contributed by atoms with E-state index in [1.807, 2.05) is 12.1 Å². The molecule has 5 nitrogen and oxygen atoms in total. The van der Waals surface area contributed by atoms with E-state index in [0.29, 0.717) is 18.9 Å². The van der Waals surface area contributed by atoms with Crippen LogP contribution >= 0.6 is 0 Å². The molecule has 0 radical (unpaired) electrons. The lowest BCUT2D eigenvalue weighted by molar-refractivity contribution is -0.0441. The maximum absolute atomic E-state index is 13.0. The van der Waals surface area contributed by atoms with Crippen LogP contribution in [0.2, 0.25) is 0 Å². The third kappa shape index (κ3) is 3.24. The summed E-state index contributed by atoms with van der Waals surface area (Å²) < 4.78 is 23.7.